The van der Waals surface area contributed by atoms with E-state index in [1.165, 1.54) is 16.7 Å². The highest BCUT2D eigenvalue weighted by Gasteiger charge is 2.24. The molecular formula is C19H20N2O2. The Morgan fingerprint density at radius 1 is 1.13 bits per heavy atom. The molecule has 0 radical (unpaired) electrons. The first-order chi connectivity index (χ1) is 11.4. The highest BCUT2D eigenvalue weighted by Crippen LogP contribution is 2.41. The highest BCUT2D eigenvalue weighted by molar-refractivity contribution is 5.86. The lowest BCUT2D eigenvalue weighted by molar-refractivity contribution is 0.300. The van der Waals surface area contributed by atoms with Gasteiger partial charge in [0.15, 0.2) is 0 Å². The Bertz CT molecular complexity index is 760. The van der Waals surface area contributed by atoms with Crippen LogP contribution in [0.15, 0.2) is 42.1 Å². The summed E-state index contributed by atoms with van der Waals surface area (Å²) in [5.74, 6) is 1.70. The summed E-state index contributed by atoms with van der Waals surface area (Å²) in [6, 6.07) is 10.3. The normalized spacial score (nSPS) is 16.9. The molecule has 2 aliphatic rings. The molecule has 2 aliphatic heterocycles. The van der Waals surface area contributed by atoms with Gasteiger partial charge in [0, 0.05) is 23.4 Å². The van der Waals surface area contributed by atoms with E-state index >= 15 is 0 Å². The molecule has 1 aromatic carbocycles. The lowest BCUT2D eigenvalue weighted by Gasteiger charge is -2.21. The Kier molecular flexibility index (Phi) is 3.75. The summed E-state index contributed by atoms with van der Waals surface area (Å²) in [5.41, 5.74) is 6.13. The predicted molar refractivity (Wildman–Crippen MR) is 89.7 cm³/mol. The topological polar surface area (TPSA) is 43.4 Å². The first-order valence-electron chi connectivity index (χ1n) is 8.05. The summed E-state index contributed by atoms with van der Waals surface area (Å²) < 4.78 is 11.4. The zero-order valence-corrected chi connectivity index (χ0v) is 13.3. The minimum Gasteiger partial charge on any atom is -0.497 e. The Hall–Kier alpha value is -2.33. The second-order valence-corrected chi connectivity index (χ2v) is 5.88. The molecule has 2 aromatic rings. The monoisotopic (exact) mass is 308 g/mol. The van der Waals surface area contributed by atoms with Crippen molar-refractivity contribution in [2.45, 2.75) is 19.4 Å². The van der Waals surface area contributed by atoms with Gasteiger partial charge in [-0.05, 0) is 49.7 Å². The maximum Gasteiger partial charge on any atom is 0.131 e. The molecule has 1 saturated heterocycles. The summed E-state index contributed by atoms with van der Waals surface area (Å²) in [6.45, 7) is 2.55. The van der Waals surface area contributed by atoms with Crippen molar-refractivity contribution in [1.82, 2.24) is 10.3 Å². The van der Waals surface area contributed by atoms with Crippen molar-refractivity contribution in [2.24, 2.45) is 0 Å². The molecule has 4 nitrogen and oxygen atoms in total. The van der Waals surface area contributed by atoms with Crippen molar-refractivity contribution in [2.75, 3.05) is 20.2 Å². The molecule has 0 bridgehead atoms. The number of piperidine rings is 1. The standard InChI is InChI=1S/C19H20N2O2/c1-22-14-4-5-16-18(11-14)23-12-17-15(3-2-8-21-17)19(16)13-6-9-20-10-7-13/h2-5,8,11,20H,6-7,9-10,12H2,1H3. The Morgan fingerprint density at radius 2 is 2.00 bits per heavy atom. The third-order valence-electron chi connectivity index (χ3n) is 4.54. The minimum absolute atomic E-state index is 0.491. The number of hydrogen-bond acceptors (Lipinski definition) is 4. The SMILES string of the molecule is COc1ccc2c(c1)OCc1ncccc1C2=C1CCNCC1. The van der Waals surface area contributed by atoms with Gasteiger partial charge in [-0.3, -0.25) is 4.98 Å². The van der Waals surface area contributed by atoms with Crippen LogP contribution in [0.2, 0.25) is 0 Å². The molecule has 3 heterocycles. The van der Waals surface area contributed by atoms with Gasteiger partial charge in [-0.25, -0.2) is 0 Å². The smallest absolute Gasteiger partial charge is 0.131 e. The van der Waals surface area contributed by atoms with Crippen molar-refractivity contribution in [3.8, 4) is 11.5 Å². The average Bonchev–Trinajstić information content (AvgIpc) is 2.78. The Labute approximate surface area is 136 Å². The quantitative estimate of drug-likeness (QED) is 0.879. The van der Waals surface area contributed by atoms with E-state index in [1.807, 2.05) is 24.4 Å². The van der Waals surface area contributed by atoms with Crippen LogP contribution in [0.5, 0.6) is 11.5 Å². The summed E-state index contributed by atoms with van der Waals surface area (Å²) in [4.78, 5) is 4.54. The highest BCUT2D eigenvalue weighted by atomic mass is 16.5. The second-order valence-electron chi connectivity index (χ2n) is 5.88. The molecule has 0 aliphatic carbocycles. The van der Waals surface area contributed by atoms with E-state index in [9.17, 15) is 0 Å². The van der Waals surface area contributed by atoms with Gasteiger partial charge in [0.05, 0.1) is 12.8 Å². The number of pyridine rings is 1. The molecular weight excluding hydrogens is 288 g/mol. The minimum atomic E-state index is 0.491. The zero-order valence-electron chi connectivity index (χ0n) is 13.3. The fourth-order valence-electron chi connectivity index (χ4n) is 3.39. The molecule has 1 aromatic heterocycles. The fourth-order valence-corrected chi connectivity index (χ4v) is 3.39. The van der Waals surface area contributed by atoms with Crippen molar-refractivity contribution in [3.05, 3.63) is 58.9 Å². The van der Waals surface area contributed by atoms with Crippen molar-refractivity contribution in [3.63, 3.8) is 0 Å². The summed E-state index contributed by atoms with van der Waals surface area (Å²) >= 11 is 0. The lowest BCUT2D eigenvalue weighted by Crippen LogP contribution is -2.24. The number of aromatic nitrogens is 1. The van der Waals surface area contributed by atoms with Crippen LogP contribution in [0.25, 0.3) is 5.57 Å². The number of fused-ring (bicyclic) bond motifs is 2. The van der Waals surface area contributed by atoms with Gasteiger partial charge in [-0.1, -0.05) is 11.6 Å². The molecule has 0 unspecified atom stereocenters. The number of rotatable bonds is 1. The number of methoxy groups -OCH3 is 1. The third kappa shape index (κ3) is 2.59. The van der Waals surface area contributed by atoms with Crippen LogP contribution in [0.1, 0.15) is 29.7 Å². The molecule has 1 fully saturated rings. The van der Waals surface area contributed by atoms with Crippen LogP contribution in [-0.4, -0.2) is 25.2 Å². The van der Waals surface area contributed by atoms with Crippen LogP contribution in [0, 0.1) is 0 Å². The molecule has 118 valence electrons. The van der Waals surface area contributed by atoms with Crippen LogP contribution in [0.3, 0.4) is 0 Å². The van der Waals surface area contributed by atoms with Crippen LogP contribution < -0.4 is 14.8 Å². The Morgan fingerprint density at radius 3 is 2.83 bits per heavy atom. The summed E-state index contributed by atoms with van der Waals surface area (Å²) in [5, 5.41) is 3.43. The van der Waals surface area contributed by atoms with E-state index < -0.39 is 0 Å². The van der Waals surface area contributed by atoms with E-state index in [0.717, 1.165) is 48.7 Å². The van der Waals surface area contributed by atoms with E-state index in [-0.39, 0.29) is 0 Å². The summed E-state index contributed by atoms with van der Waals surface area (Å²) in [7, 11) is 1.68. The average molecular weight is 308 g/mol. The largest absolute Gasteiger partial charge is 0.497 e. The lowest BCUT2D eigenvalue weighted by atomic mass is 9.88. The van der Waals surface area contributed by atoms with Crippen molar-refractivity contribution in [1.29, 1.82) is 0 Å². The molecule has 4 heteroatoms. The fraction of sp³-hybridized carbons (Fsp3) is 0.316. The van der Waals surface area contributed by atoms with E-state index in [4.69, 9.17) is 9.47 Å². The van der Waals surface area contributed by atoms with E-state index in [0.29, 0.717) is 6.61 Å². The van der Waals surface area contributed by atoms with Gasteiger partial charge < -0.3 is 14.8 Å². The summed E-state index contributed by atoms with van der Waals surface area (Å²) in [6.07, 6.45) is 3.97. The first kappa shape index (κ1) is 14.3. The van der Waals surface area contributed by atoms with Gasteiger partial charge in [0.1, 0.15) is 18.1 Å². The number of benzene rings is 1. The van der Waals surface area contributed by atoms with E-state index in [1.54, 1.807) is 7.11 Å². The maximum atomic E-state index is 6.05. The van der Waals surface area contributed by atoms with Crippen LogP contribution >= 0.6 is 0 Å². The molecule has 4 rings (SSSR count). The molecule has 23 heavy (non-hydrogen) atoms. The maximum absolute atomic E-state index is 6.05. The number of hydrogen-bond donors (Lipinski definition) is 1. The molecule has 0 amide bonds. The number of nitrogens with zero attached hydrogens (tertiary/aromatic N) is 1. The van der Waals surface area contributed by atoms with Gasteiger partial charge in [0.25, 0.3) is 0 Å². The van der Waals surface area contributed by atoms with E-state index in [2.05, 4.69) is 22.4 Å². The third-order valence-corrected chi connectivity index (χ3v) is 4.54. The van der Waals surface area contributed by atoms with Crippen molar-refractivity contribution < 1.29 is 9.47 Å². The van der Waals surface area contributed by atoms with Gasteiger partial charge in [-0.2, -0.15) is 0 Å². The molecule has 1 N–H and O–H groups in total. The molecule has 0 spiro atoms. The van der Waals surface area contributed by atoms with Crippen molar-refractivity contribution >= 4 is 5.57 Å². The number of ether oxygens (including phenoxy) is 2. The van der Waals surface area contributed by atoms with Gasteiger partial charge >= 0.3 is 0 Å². The van der Waals surface area contributed by atoms with Gasteiger partial charge in [-0.15, -0.1) is 0 Å². The Balaban J connectivity index is 1.95. The molecule has 0 saturated carbocycles. The first-order valence-corrected chi connectivity index (χ1v) is 8.05. The van der Waals surface area contributed by atoms with Crippen LogP contribution in [0.4, 0.5) is 0 Å². The second kappa shape index (κ2) is 6.05. The predicted octanol–water partition coefficient (Wildman–Crippen LogP) is 3.17. The molecule has 0 atom stereocenters. The van der Waals surface area contributed by atoms with Crippen LogP contribution in [-0.2, 0) is 6.61 Å². The van der Waals surface area contributed by atoms with Gasteiger partial charge in [0.2, 0.25) is 0 Å². The number of nitrogens with one attached hydrogen (secondary N) is 1. The zero-order chi connectivity index (χ0) is 15.6.